The molecule has 2 aliphatic heterocycles. The van der Waals surface area contributed by atoms with E-state index in [9.17, 15) is 0 Å². The van der Waals surface area contributed by atoms with Crippen molar-refractivity contribution in [2.45, 2.75) is 38.6 Å². The van der Waals surface area contributed by atoms with Gasteiger partial charge in [-0.2, -0.15) is 0 Å². The molecular weight excluding hydrogens is 216 g/mol. The summed E-state index contributed by atoms with van der Waals surface area (Å²) in [7, 11) is 0. The molecule has 1 unspecified atom stereocenters. The first kappa shape index (κ1) is 12.8. The first-order valence-electron chi connectivity index (χ1n) is 6.22. The van der Waals surface area contributed by atoms with E-state index in [4.69, 9.17) is 14.2 Å². The predicted octanol–water partition coefficient (Wildman–Crippen LogP) is 2.68. The molecule has 0 N–H and O–H groups in total. The van der Waals surface area contributed by atoms with Crippen molar-refractivity contribution < 1.29 is 14.2 Å². The molecule has 2 rings (SSSR count). The molecule has 0 aliphatic carbocycles. The molecule has 1 saturated heterocycles. The highest BCUT2D eigenvalue weighted by Gasteiger charge is 2.40. The van der Waals surface area contributed by atoms with Crippen molar-refractivity contribution in [3.05, 3.63) is 24.8 Å². The van der Waals surface area contributed by atoms with Gasteiger partial charge in [-0.1, -0.05) is 18.2 Å². The van der Waals surface area contributed by atoms with Gasteiger partial charge in [-0.05, 0) is 26.7 Å². The van der Waals surface area contributed by atoms with E-state index < -0.39 is 5.79 Å². The van der Waals surface area contributed by atoms with Gasteiger partial charge in [-0.3, -0.25) is 0 Å². The van der Waals surface area contributed by atoms with Crippen LogP contribution in [0.1, 0.15) is 26.7 Å². The Morgan fingerprint density at radius 1 is 1.35 bits per heavy atom. The minimum Gasteiger partial charge on any atom is -0.370 e. The largest absolute Gasteiger partial charge is 0.370 e. The second-order valence-corrected chi connectivity index (χ2v) is 5.47. The van der Waals surface area contributed by atoms with Gasteiger partial charge in [0.05, 0.1) is 25.9 Å². The van der Waals surface area contributed by atoms with Crippen LogP contribution in [0.2, 0.25) is 0 Å². The first-order valence-corrected chi connectivity index (χ1v) is 6.22. The van der Waals surface area contributed by atoms with Gasteiger partial charge >= 0.3 is 0 Å². The summed E-state index contributed by atoms with van der Waals surface area (Å²) in [4.78, 5) is 0. The van der Waals surface area contributed by atoms with Crippen molar-refractivity contribution in [2.75, 3.05) is 19.8 Å². The maximum atomic E-state index is 5.79. The first-order chi connectivity index (χ1) is 8.05. The van der Waals surface area contributed by atoms with Crippen molar-refractivity contribution >= 4 is 0 Å². The van der Waals surface area contributed by atoms with Crippen LogP contribution in [0.15, 0.2) is 24.8 Å². The maximum Gasteiger partial charge on any atom is 0.162 e. The van der Waals surface area contributed by atoms with E-state index in [0.29, 0.717) is 13.2 Å². The van der Waals surface area contributed by atoms with Crippen LogP contribution in [0.3, 0.4) is 0 Å². The molecule has 0 aromatic rings. The van der Waals surface area contributed by atoms with Gasteiger partial charge < -0.3 is 14.2 Å². The molecule has 96 valence electrons. The summed E-state index contributed by atoms with van der Waals surface area (Å²) in [6.07, 6.45) is 8.18. The van der Waals surface area contributed by atoms with Gasteiger partial charge in [0.15, 0.2) is 5.79 Å². The monoisotopic (exact) mass is 238 g/mol. The van der Waals surface area contributed by atoms with Gasteiger partial charge in [0.25, 0.3) is 0 Å². The number of hydrogen-bond acceptors (Lipinski definition) is 3. The summed E-state index contributed by atoms with van der Waals surface area (Å²) in [5.74, 6) is -0.461. The summed E-state index contributed by atoms with van der Waals surface area (Å²) in [6, 6.07) is 0. The number of rotatable bonds is 4. The fourth-order valence-corrected chi connectivity index (χ4v) is 2.36. The maximum absolute atomic E-state index is 5.79. The number of hydrogen-bond donors (Lipinski definition) is 0. The molecule has 0 radical (unpaired) electrons. The minimum atomic E-state index is -0.461. The second kappa shape index (κ2) is 4.92. The van der Waals surface area contributed by atoms with Crippen molar-refractivity contribution in [3.63, 3.8) is 0 Å². The van der Waals surface area contributed by atoms with Gasteiger partial charge in [0.2, 0.25) is 0 Å². The van der Waals surface area contributed by atoms with Crippen LogP contribution in [0.4, 0.5) is 0 Å². The summed E-state index contributed by atoms with van der Waals surface area (Å²) < 4.78 is 17.2. The fraction of sp³-hybridized carbons (Fsp3) is 0.714. The Balaban J connectivity index is 2.00. The van der Waals surface area contributed by atoms with E-state index >= 15 is 0 Å². The van der Waals surface area contributed by atoms with Crippen molar-refractivity contribution in [2.24, 2.45) is 5.41 Å². The van der Waals surface area contributed by atoms with Crippen LogP contribution >= 0.6 is 0 Å². The molecule has 2 aliphatic rings. The van der Waals surface area contributed by atoms with E-state index in [1.807, 2.05) is 19.9 Å². The van der Waals surface area contributed by atoms with E-state index in [0.717, 1.165) is 19.4 Å². The summed E-state index contributed by atoms with van der Waals surface area (Å²) in [5, 5.41) is 0. The van der Waals surface area contributed by atoms with Crippen LogP contribution in [0.25, 0.3) is 0 Å². The van der Waals surface area contributed by atoms with Crippen LogP contribution in [-0.4, -0.2) is 31.7 Å². The number of ether oxygens (including phenoxy) is 3. The van der Waals surface area contributed by atoms with E-state index in [1.54, 1.807) is 0 Å². The summed E-state index contributed by atoms with van der Waals surface area (Å²) in [5.41, 5.74) is 0.0105. The highest BCUT2D eigenvalue weighted by atomic mass is 16.7. The average Bonchev–Trinajstić information content (AvgIpc) is 2.76. The SMILES string of the molecule is C=CCC1(CC2C=CCO2)COC(C)(C)OC1. The molecular formula is C14H22O3. The highest BCUT2D eigenvalue weighted by molar-refractivity contribution is 5.01. The zero-order chi connectivity index (χ0) is 12.4. The Morgan fingerprint density at radius 2 is 2.06 bits per heavy atom. The highest BCUT2D eigenvalue weighted by Crippen LogP contribution is 2.38. The molecule has 0 saturated carbocycles. The molecule has 17 heavy (non-hydrogen) atoms. The fourth-order valence-electron chi connectivity index (χ4n) is 2.36. The molecule has 0 spiro atoms. The molecule has 3 heteroatoms. The number of allylic oxidation sites excluding steroid dienone is 1. The van der Waals surface area contributed by atoms with E-state index in [-0.39, 0.29) is 11.5 Å². The molecule has 1 atom stereocenters. The Bertz CT molecular complexity index is 297. The predicted molar refractivity (Wildman–Crippen MR) is 66.7 cm³/mol. The lowest BCUT2D eigenvalue weighted by molar-refractivity contribution is -0.288. The average molecular weight is 238 g/mol. The second-order valence-electron chi connectivity index (χ2n) is 5.47. The lowest BCUT2D eigenvalue weighted by Gasteiger charge is -2.44. The molecule has 0 aromatic heterocycles. The van der Waals surface area contributed by atoms with Gasteiger partial charge in [-0.25, -0.2) is 0 Å². The van der Waals surface area contributed by atoms with Crippen LogP contribution in [0.5, 0.6) is 0 Å². The van der Waals surface area contributed by atoms with E-state index in [2.05, 4.69) is 18.7 Å². The smallest absolute Gasteiger partial charge is 0.162 e. The molecule has 0 amide bonds. The summed E-state index contributed by atoms with van der Waals surface area (Å²) in [6.45, 7) is 9.89. The Morgan fingerprint density at radius 3 is 2.59 bits per heavy atom. The summed E-state index contributed by atoms with van der Waals surface area (Å²) >= 11 is 0. The molecule has 2 heterocycles. The molecule has 0 bridgehead atoms. The topological polar surface area (TPSA) is 27.7 Å². The minimum absolute atomic E-state index is 0.0105. The standard InChI is InChI=1S/C14H22O3/c1-4-7-14(9-12-6-5-8-15-12)10-16-13(2,3)17-11-14/h4-6,12H,1,7-11H2,2-3H3. The van der Waals surface area contributed by atoms with Crippen LogP contribution in [-0.2, 0) is 14.2 Å². The zero-order valence-electron chi connectivity index (χ0n) is 10.8. The Labute approximate surface area is 103 Å². The Hall–Kier alpha value is -0.640. The molecule has 3 nitrogen and oxygen atoms in total. The third-order valence-electron chi connectivity index (χ3n) is 3.42. The van der Waals surface area contributed by atoms with Crippen LogP contribution in [0, 0.1) is 5.41 Å². The van der Waals surface area contributed by atoms with Gasteiger partial charge in [0.1, 0.15) is 0 Å². The third kappa shape index (κ3) is 3.18. The van der Waals surface area contributed by atoms with Crippen molar-refractivity contribution in [3.8, 4) is 0 Å². The normalized spacial score (nSPS) is 30.4. The van der Waals surface area contributed by atoms with Crippen molar-refractivity contribution in [1.29, 1.82) is 0 Å². The van der Waals surface area contributed by atoms with Crippen LogP contribution < -0.4 is 0 Å². The lowest BCUT2D eigenvalue weighted by atomic mass is 9.80. The Kier molecular flexibility index (Phi) is 3.71. The van der Waals surface area contributed by atoms with Gasteiger partial charge in [0, 0.05) is 5.41 Å². The quantitative estimate of drug-likeness (QED) is 0.705. The third-order valence-corrected chi connectivity index (χ3v) is 3.42. The zero-order valence-corrected chi connectivity index (χ0v) is 10.8. The van der Waals surface area contributed by atoms with Crippen molar-refractivity contribution in [1.82, 2.24) is 0 Å². The molecule has 0 aromatic carbocycles. The van der Waals surface area contributed by atoms with E-state index in [1.165, 1.54) is 0 Å². The lowest BCUT2D eigenvalue weighted by Crippen LogP contribution is -2.47. The van der Waals surface area contributed by atoms with Gasteiger partial charge in [-0.15, -0.1) is 6.58 Å². The molecule has 1 fully saturated rings.